The Hall–Kier alpha value is -1.92. The van der Waals surface area contributed by atoms with Crippen molar-refractivity contribution >= 4 is 28.7 Å². The first kappa shape index (κ1) is 20.4. The van der Waals surface area contributed by atoms with Gasteiger partial charge < -0.3 is 23.7 Å². The maximum atomic E-state index is 11.9. The summed E-state index contributed by atoms with van der Waals surface area (Å²) in [5, 5.41) is 1.68. The van der Waals surface area contributed by atoms with E-state index in [2.05, 4.69) is 4.90 Å². The molecule has 1 amide bonds. The lowest BCUT2D eigenvalue weighted by Crippen LogP contribution is -2.48. The van der Waals surface area contributed by atoms with Crippen molar-refractivity contribution in [3.63, 3.8) is 0 Å². The number of nitrogens with zero attached hydrogens (tertiary/aromatic N) is 2. The molecule has 0 saturated carbocycles. The molecule has 2 aliphatic rings. The molecule has 2 saturated heterocycles. The number of hydrogen-bond acceptors (Lipinski definition) is 5. The number of fused-ring (bicyclic) bond motifs is 1. The second-order valence-electron chi connectivity index (χ2n) is 7.90. The molecular formula is C22H29ClN2O4. The van der Waals surface area contributed by atoms with E-state index in [1.54, 1.807) is 7.11 Å². The van der Waals surface area contributed by atoms with Crippen LogP contribution in [0.2, 0.25) is 5.02 Å². The summed E-state index contributed by atoms with van der Waals surface area (Å²) in [5.41, 5.74) is 2.08. The number of furan rings is 1. The van der Waals surface area contributed by atoms with Crippen LogP contribution in [0.3, 0.4) is 0 Å². The molecule has 1 aromatic heterocycles. The average Bonchev–Trinajstić information content (AvgIpc) is 3.16. The monoisotopic (exact) mass is 420 g/mol. The fraction of sp³-hybridized carbons (Fsp3) is 0.591. The number of methoxy groups -OCH3 is 1. The number of likely N-dealkylation sites (tertiary alicyclic amines) is 2. The first-order chi connectivity index (χ1) is 14.1. The normalized spacial score (nSPS) is 19.6. The van der Waals surface area contributed by atoms with Gasteiger partial charge in [-0.25, -0.2) is 4.79 Å². The van der Waals surface area contributed by atoms with Crippen molar-refractivity contribution in [1.82, 2.24) is 9.80 Å². The fourth-order valence-corrected chi connectivity index (χ4v) is 4.96. The maximum absolute atomic E-state index is 11.9. The van der Waals surface area contributed by atoms with Crippen molar-refractivity contribution in [3.8, 4) is 5.75 Å². The third-order valence-electron chi connectivity index (χ3n) is 6.35. The maximum Gasteiger partial charge on any atom is 0.409 e. The molecule has 2 aromatic rings. The number of benzene rings is 1. The lowest BCUT2D eigenvalue weighted by Gasteiger charge is -2.41. The van der Waals surface area contributed by atoms with Gasteiger partial charge in [-0.3, -0.25) is 0 Å². The van der Waals surface area contributed by atoms with Gasteiger partial charge in [0.2, 0.25) is 0 Å². The van der Waals surface area contributed by atoms with Crippen molar-refractivity contribution in [2.24, 2.45) is 0 Å². The van der Waals surface area contributed by atoms with Crippen LogP contribution >= 0.6 is 11.6 Å². The van der Waals surface area contributed by atoms with Gasteiger partial charge >= 0.3 is 6.09 Å². The molecule has 0 atom stereocenters. The highest BCUT2D eigenvalue weighted by Gasteiger charge is 2.31. The number of rotatable bonds is 4. The second kappa shape index (κ2) is 8.84. The topological polar surface area (TPSA) is 55.2 Å². The van der Waals surface area contributed by atoms with E-state index in [1.165, 1.54) is 5.56 Å². The standard InChI is InChI=1S/C22H29ClN2O4/c1-3-28-22(26)25-10-6-16(7-11-25)24-8-4-15(5-9-24)18-14-29-20-13-19(23)21(27-2)12-17(18)20/h12-16H,3-11H2,1-2H3. The third kappa shape index (κ3) is 4.19. The summed E-state index contributed by atoms with van der Waals surface area (Å²) in [6.45, 7) is 6.01. The number of carbonyl (C=O) groups excluding carboxylic acids is 1. The van der Waals surface area contributed by atoms with E-state index in [0.29, 0.717) is 29.3 Å². The third-order valence-corrected chi connectivity index (χ3v) is 6.65. The Kier molecular flexibility index (Phi) is 6.20. The average molecular weight is 421 g/mol. The minimum atomic E-state index is -0.174. The molecule has 158 valence electrons. The summed E-state index contributed by atoms with van der Waals surface area (Å²) in [6, 6.07) is 4.39. The molecule has 4 rings (SSSR count). The molecule has 0 bridgehead atoms. The molecule has 0 aliphatic carbocycles. The first-order valence-electron chi connectivity index (χ1n) is 10.5. The highest BCUT2D eigenvalue weighted by atomic mass is 35.5. The van der Waals surface area contributed by atoms with Gasteiger partial charge in [0.05, 0.1) is 25.0 Å². The van der Waals surface area contributed by atoms with Gasteiger partial charge in [-0.05, 0) is 57.7 Å². The Bertz CT molecular complexity index is 852. The number of ether oxygens (including phenoxy) is 2. The summed E-state index contributed by atoms with van der Waals surface area (Å²) in [4.78, 5) is 16.3. The second-order valence-corrected chi connectivity index (χ2v) is 8.31. The molecule has 0 unspecified atom stereocenters. The van der Waals surface area contributed by atoms with Crippen LogP contribution in [0.1, 0.15) is 44.1 Å². The number of piperidine rings is 2. The van der Waals surface area contributed by atoms with Gasteiger partial charge in [0, 0.05) is 36.1 Å². The smallest absolute Gasteiger partial charge is 0.409 e. The summed E-state index contributed by atoms with van der Waals surface area (Å²) in [7, 11) is 1.64. The molecule has 2 fully saturated rings. The fourth-order valence-electron chi connectivity index (χ4n) is 4.73. The molecule has 29 heavy (non-hydrogen) atoms. The van der Waals surface area contributed by atoms with E-state index in [1.807, 2.05) is 30.2 Å². The van der Waals surface area contributed by atoms with Crippen molar-refractivity contribution in [3.05, 3.63) is 29.0 Å². The van der Waals surface area contributed by atoms with Gasteiger partial charge in [-0.2, -0.15) is 0 Å². The minimum Gasteiger partial charge on any atom is -0.495 e. The van der Waals surface area contributed by atoms with Crippen LogP contribution in [0, 0.1) is 0 Å². The van der Waals surface area contributed by atoms with E-state index < -0.39 is 0 Å². The Labute approximate surface area is 176 Å². The molecule has 7 heteroatoms. The van der Waals surface area contributed by atoms with Crippen molar-refractivity contribution in [2.75, 3.05) is 39.9 Å². The number of halogens is 1. The van der Waals surface area contributed by atoms with Crippen molar-refractivity contribution in [2.45, 2.75) is 44.6 Å². The summed E-state index contributed by atoms with van der Waals surface area (Å²) in [6.07, 6.45) is 5.97. The van der Waals surface area contributed by atoms with Gasteiger partial charge in [-0.1, -0.05) is 11.6 Å². The zero-order valence-electron chi connectivity index (χ0n) is 17.2. The molecule has 0 radical (unpaired) electrons. The molecule has 1 aromatic carbocycles. The van der Waals surface area contributed by atoms with E-state index in [-0.39, 0.29) is 6.09 Å². The van der Waals surface area contributed by atoms with Gasteiger partial charge in [-0.15, -0.1) is 0 Å². The zero-order chi connectivity index (χ0) is 20.4. The van der Waals surface area contributed by atoms with Gasteiger partial charge in [0.25, 0.3) is 0 Å². The quantitative estimate of drug-likeness (QED) is 0.704. The predicted octanol–water partition coefficient (Wildman–Crippen LogP) is 4.90. The Morgan fingerprint density at radius 2 is 1.90 bits per heavy atom. The van der Waals surface area contributed by atoms with E-state index in [0.717, 1.165) is 62.8 Å². The van der Waals surface area contributed by atoms with E-state index in [4.69, 9.17) is 25.5 Å². The minimum absolute atomic E-state index is 0.174. The first-order valence-corrected chi connectivity index (χ1v) is 10.9. The van der Waals surface area contributed by atoms with Crippen LogP contribution in [0.4, 0.5) is 4.79 Å². The predicted molar refractivity (Wildman–Crippen MR) is 113 cm³/mol. The SMILES string of the molecule is CCOC(=O)N1CCC(N2CCC(c3coc4cc(Cl)c(OC)cc34)CC2)CC1. The van der Waals surface area contributed by atoms with Crippen LogP contribution in [0.25, 0.3) is 11.0 Å². The lowest BCUT2D eigenvalue weighted by molar-refractivity contribution is 0.0663. The molecule has 0 N–H and O–H groups in total. The van der Waals surface area contributed by atoms with Crippen LogP contribution < -0.4 is 4.74 Å². The molecule has 2 aliphatic heterocycles. The van der Waals surface area contributed by atoms with Crippen molar-refractivity contribution in [1.29, 1.82) is 0 Å². The molecule has 3 heterocycles. The summed E-state index contributed by atoms with van der Waals surface area (Å²) >= 11 is 6.23. The largest absolute Gasteiger partial charge is 0.495 e. The van der Waals surface area contributed by atoms with Crippen LogP contribution in [-0.4, -0.2) is 61.8 Å². The van der Waals surface area contributed by atoms with Crippen molar-refractivity contribution < 1.29 is 18.7 Å². The van der Waals surface area contributed by atoms with Gasteiger partial charge in [0.15, 0.2) is 0 Å². The lowest BCUT2D eigenvalue weighted by atomic mass is 9.87. The highest BCUT2D eigenvalue weighted by molar-refractivity contribution is 6.32. The summed E-state index contributed by atoms with van der Waals surface area (Å²) < 4.78 is 16.3. The zero-order valence-corrected chi connectivity index (χ0v) is 17.9. The Balaban J connectivity index is 1.36. The molecule has 6 nitrogen and oxygen atoms in total. The van der Waals surface area contributed by atoms with Gasteiger partial charge in [0.1, 0.15) is 11.3 Å². The van der Waals surface area contributed by atoms with E-state index >= 15 is 0 Å². The molecule has 0 spiro atoms. The van der Waals surface area contributed by atoms with Crippen LogP contribution in [-0.2, 0) is 4.74 Å². The Morgan fingerprint density at radius 3 is 2.55 bits per heavy atom. The number of carbonyl (C=O) groups is 1. The van der Waals surface area contributed by atoms with Crippen LogP contribution in [0.15, 0.2) is 22.8 Å². The number of hydrogen-bond donors (Lipinski definition) is 0. The molecular weight excluding hydrogens is 392 g/mol. The summed E-state index contributed by atoms with van der Waals surface area (Å²) in [5.74, 6) is 1.17. The van der Waals surface area contributed by atoms with Crippen LogP contribution in [0.5, 0.6) is 5.75 Å². The Morgan fingerprint density at radius 1 is 1.17 bits per heavy atom. The van der Waals surface area contributed by atoms with E-state index in [9.17, 15) is 4.79 Å². The number of amides is 1. The highest BCUT2D eigenvalue weighted by Crippen LogP contribution is 2.39.